The molecule has 1 aromatic carbocycles. The first kappa shape index (κ1) is 15.7. The summed E-state index contributed by atoms with van der Waals surface area (Å²) in [4.78, 5) is 10.9. The van der Waals surface area contributed by atoms with E-state index < -0.39 is 0 Å². The molecule has 4 nitrogen and oxygen atoms in total. The number of hydrogen-bond donors (Lipinski definition) is 2. The topological polar surface area (TPSA) is 58.4 Å². The smallest absolute Gasteiger partial charge is 0.146 e. The van der Waals surface area contributed by atoms with E-state index >= 15 is 0 Å². The van der Waals surface area contributed by atoms with Crippen molar-refractivity contribution in [3.63, 3.8) is 0 Å². The van der Waals surface area contributed by atoms with E-state index in [4.69, 9.17) is 5.84 Å². The number of allylic oxidation sites excluding steroid dienone is 5. The molecule has 3 rings (SSSR count). The van der Waals surface area contributed by atoms with Gasteiger partial charge in [0.2, 0.25) is 0 Å². The molecule has 1 aliphatic carbocycles. The van der Waals surface area contributed by atoms with Crippen LogP contribution in [0.1, 0.15) is 30.7 Å². The molecule has 1 saturated heterocycles. The van der Waals surface area contributed by atoms with Gasteiger partial charge >= 0.3 is 0 Å². The first-order chi connectivity index (χ1) is 11.3. The van der Waals surface area contributed by atoms with Crippen molar-refractivity contribution in [1.82, 2.24) is 5.32 Å². The van der Waals surface area contributed by atoms with Crippen LogP contribution in [0.25, 0.3) is 0 Å². The molecule has 0 bridgehead atoms. The van der Waals surface area contributed by atoms with Crippen LogP contribution in [-0.4, -0.2) is 19.4 Å². The fourth-order valence-corrected chi connectivity index (χ4v) is 3.13. The molecule has 1 aromatic rings. The Morgan fingerprint density at radius 1 is 1.26 bits per heavy atom. The Bertz CT molecular complexity index is 637. The molecule has 4 heteroatoms. The van der Waals surface area contributed by atoms with E-state index in [1.54, 1.807) is 5.01 Å². The third kappa shape index (κ3) is 3.97. The molecule has 0 aromatic heterocycles. The summed E-state index contributed by atoms with van der Waals surface area (Å²) in [6.45, 7) is 2.19. The van der Waals surface area contributed by atoms with Gasteiger partial charge in [-0.25, -0.2) is 5.84 Å². The molecule has 1 fully saturated rings. The van der Waals surface area contributed by atoms with Crippen LogP contribution in [0.3, 0.4) is 0 Å². The minimum atomic E-state index is 0.601. The maximum absolute atomic E-state index is 10.9. The number of rotatable bonds is 4. The monoisotopic (exact) mass is 309 g/mol. The number of nitrogens with two attached hydrogens (primary N) is 1. The standard InChI is InChI=1S/C19H23N3O/c20-22(13-15-3-1-4-16(11-15)14-23)19-8-6-17(7-9-19)18-5-2-10-21-12-18/h1,3-4,6-9,13-14,18,21H,2,5,10-12,20H2/b15-13-/t18-/m1/s1. The van der Waals surface area contributed by atoms with Crippen molar-refractivity contribution < 1.29 is 4.79 Å². The minimum Gasteiger partial charge on any atom is -0.316 e. The lowest BCUT2D eigenvalue weighted by atomic mass is 9.91. The number of nitrogens with zero attached hydrogens (tertiary/aromatic N) is 1. The molecule has 1 aliphatic heterocycles. The largest absolute Gasteiger partial charge is 0.316 e. The van der Waals surface area contributed by atoms with Crippen LogP contribution in [0, 0.1) is 0 Å². The fraction of sp³-hybridized carbons (Fsp3) is 0.316. The zero-order valence-corrected chi connectivity index (χ0v) is 13.2. The number of piperidine rings is 1. The van der Waals surface area contributed by atoms with E-state index in [9.17, 15) is 4.79 Å². The van der Waals surface area contributed by atoms with E-state index in [2.05, 4.69) is 29.6 Å². The van der Waals surface area contributed by atoms with Crippen molar-refractivity contribution in [3.05, 3.63) is 65.4 Å². The Labute approximate surface area is 137 Å². The Kier molecular flexibility index (Phi) is 5.05. The van der Waals surface area contributed by atoms with Gasteiger partial charge in [0.1, 0.15) is 6.29 Å². The highest BCUT2D eigenvalue weighted by molar-refractivity contribution is 5.76. The molecule has 23 heavy (non-hydrogen) atoms. The van der Waals surface area contributed by atoms with Crippen molar-refractivity contribution in [2.45, 2.75) is 25.2 Å². The lowest BCUT2D eigenvalue weighted by molar-refractivity contribution is -0.105. The van der Waals surface area contributed by atoms with E-state index in [1.807, 2.05) is 24.4 Å². The number of hydrogen-bond acceptors (Lipinski definition) is 4. The second-order valence-corrected chi connectivity index (χ2v) is 6.14. The van der Waals surface area contributed by atoms with Crippen molar-refractivity contribution >= 4 is 12.0 Å². The highest BCUT2D eigenvalue weighted by Gasteiger charge is 2.15. The lowest BCUT2D eigenvalue weighted by Crippen LogP contribution is -2.28. The molecule has 3 N–H and O–H groups in total. The van der Waals surface area contributed by atoms with Crippen LogP contribution in [0.15, 0.2) is 59.8 Å². The fourth-order valence-electron chi connectivity index (χ4n) is 3.13. The highest BCUT2D eigenvalue weighted by atomic mass is 16.1. The molecule has 0 unspecified atom stereocenters. The highest BCUT2D eigenvalue weighted by Crippen LogP contribution is 2.25. The van der Waals surface area contributed by atoms with Crippen LogP contribution >= 0.6 is 0 Å². The molecule has 0 spiro atoms. The molecule has 0 saturated carbocycles. The lowest BCUT2D eigenvalue weighted by Gasteiger charge is -2.24. The molecule has 1 heterocycles. The summed E-state index contributed by atoms with van der Waals surface area (Å²) in [6, 6.07) is 8.45. The van der Waals surface area contributed by atoms with E-state index in [0.29, 0.717) is 12.3 Å². The van der Waals surface area contributed by atoms with Gasteiger partial charge in [-0.3, -0.25) is 9.80 Å². The van der Waals surface area contributed by atoms with E-state index in [0.717, 1.165) is 36.2 Å². The summed E-state index contributed by atoms with van der Waals surface area (Å²) in [6.07, 6.45) is 11.6. The number of hydrazine groups is 1. The third-order valence-electron chi connectivity index (χ3n) is 4.44. The van der Waals surface area contributed by atoms with Crippen molar-refractivity contribution in [2.75, 3.05) is 18.1 Å². The van der Waals surface area contributed by atoms with Gasteiger partial charge in [0.25, 0.3) is 0 Å². The summed E-state index contributed by atoms with van der Waals surface area (Å²) in [5, 5.41) is 5.07. The SMILES string of the molecule is NN(/C=C1/C=CC=C(C=O)C1)c1ccc([C@@H]2CCCNC2)cc1. The zero-order valence-electron chi connectivity index (χ0n) is 13.2. The molecule has 2 aliphatic rings. The van der Waals surface area contributed by atoms with Crippen LogP contribution in [-0.2, 0) is 4.79 Å². The van der Waals surface area contributed by atoms with Gasteiger partial charge in [-0.1, -0.05) is 30.4 Å². The van der Waals surface area contributed by atoms with Crippen LogP contribution in [0.4, 0.5) is 5.69 Å². The summed E-state index contributed by atoms with van der Waals surface area (Å²) < 4.78 is 0. The summed E-state index contributed by atoms with van der Waals surface area (Å²) in [5.74, 6) is 6.75. The van der Waals surface area contributed by atoms with Gasteiger partial charge < -0.3 is 5.32 Å². The van der Waals surface area contributed by atoms with E-state index in [-0.39, 0.29) is 0 Å². The molecular weight excluding hydrogens is 286 g/mol. The second kappa shape index (κ2) is 7.40. The second-order valence-electron chi connectivity index (χ2n) is 6.14. The Morgan fingerprint density at radius 3 is 2.78 bits per heavy atom. The minimum absolute atomic E-state index is 0.601. The van der Waals surface area contributed by atoms with Crippen molar-refractivity contribution in [3.8, 4) is 0 Å². The van der Waals surface area contributed by atoms with Crippen molar-refractivity contribution in [1.29, 1.82) is 0 Å². The van der Waals surface area contributed by atoms with Gasteiger partial charge in [0, 0.05) is 19.2 Å². The van der Waals surface area contributed by atoms with Gasteiger partial charge in [-0.15, -0.1) is 0 Å². The maximum Gasteiger partial charge on any atom is 0.146 e. The number of anilines is 1. The summed E-state index contributed by atoms with van der Waals surface area (Å²) in [7, 11) is 0. The first-order valence-corrected chi connectivity index (χ1v) is 8.14. The predicted molar refractivity (Wildman–Crippen MR) is 93.9 cm³/mol. The van der Waals surface area contributed by atoms with Gasteiger partial charge in [0.05, 0.1) is 5.69 Å². The predicted octanol–water partition coefficient (Wildman–Crippen LogP) is 2.80. The van der Waals surface area contributed by atoms with Gasteiger partial charge in [-0.2, -0.15) is 0 Å². The molecule has 0 radical (unpaired) electrons. The van der Waals surface area contributed by atoms with Gasteiger partial charge in [0.15, 0.2) is 0 Å². The third-order valence-corrected chi connectivity index (χ3v) is 4.44. The normalized spacial score (nSPS) is 22.7. The summed E-state index contributed by atoms with van der Waals surface area (Å²) in [5.41, 5.74) is 4.11. The molecule has 120 valence electrons. The van der Waals surface area contributed by atoms with Crippen LogP contribution < -0.4 is 16.2 Å². The molecule has 1 atom stereocenters. The first-order valence-electron chi connectivity index (χ1n) is 8.14. The van der Waals surface area contributed by atoms with Gasteiger partial charge in [-0.05, 0) is 54.1 Å². The Balaban J connectivity index is 1.68. The number of carbonyl (C=O) groups is 1. The molecular formula is C19H23N3O. The van der Waals surface area contributed by atoms with Crippen LogP contribution in [0.2, 0.25) is 0 Å². The number of aldehydes is 1. The van der Waals surface area contributed by atoms with Crippen LogP contribution in [0.5, 0.6) is 0 Å². The quantitative estimate of drug-likeness (QED) is 0.510. The Morgan fingerprint density at radius 2 is 2.09 bits per heavy atom. The maximum atomic E-state index is 10.9. The summed E-state index contributed by atoms with van der Waals surface area (Å²) >= 11 is 0. The zero-order chi connectivity index (χ0) is 16.1. The number of nitrogens with one attached hydrogen (secondary N) is 1. The Hall–Kier alpha value is -2.17. The molecule has 0 amide bonds. The average molecular weight is 309 g/mol. The average Bonchev–Trinajstić information content (AvgIpc) is 2.63. The number of carbonyl (C=O) groups excluding carboxylic acids is 1. The number of benzene rings is 1. The van der Waals surface area contributed by atoms with Crippen molar-refractivity contribution in [2.24, 2.45) is 5.84 Å². The van der Waals surface area contributed by atoms with E-state index in [1.165, 1.54) is 18.4 Å².